The molecule has 1 N–H and O–H groups in total. The summed E-state index contributed by atoms with van der Waals surface area (Å²) in [5, 5.41) is 3.40. The number of carbonyl (C=O) groups is 1. The number of hydrogen-bond acceptors (Lipinski definition) is 4. The maximum absolute atomic E-state index is 11.4. The third kappa shape index (κ3) is 5.07. The van der Waals surface area contributed by atoms with Crippen molar-refractivity contribution in [2.75, 3.05) is 13.7 Å². The minimum absolute atomic E-state index is 0.181. The van der Waals surface area contributed by atoms with Crippen molar-refractivity contribution in [2.24, 2.45) is 0 Å². The Bertz CT molecular complexity index is 373. The van der Waals surface area contributed by atoms with Crippen molar-refractivity contribution in [2.45, 2.75) is 52.0 Å². The summed E-state index contributed by atoms with van der Waals surface area (Å²) in [7, 11) is 1.36. The molecule has 108 valence electrons. The number of carbonyl (C=O) groups excluding carboxylic acids is 1. The largest absolute Gasteiger partial charge is 0.463 e. The molecule has 1 rings (SSSR count). The molecule has 1 atom stereocenters. The topological polar surface area (TPSA) is 51.5 Å². The zero-order chi connectivity index (χ0) is 14.1. The summed E-state index contributed by atoms with van der Waals surface area (Å²) in [5.41, 5.74) is 0. The molecule has 19 heavy (non-hydrogen) atoms. The number of nitrogens with one attached hydrogen (secondary N) is 1. The van der Waals surface area contributed by atoms with Gasteiger partial charge in [-0.05, 0) is 25.1 Å². The highest BCUT2D eigenvalue weighted by Gasteiger charge is 2.17. The Kier molecular flexibility index (Phi) is 7.26. The van der Waals surface area contributed by atoms with Crippen LogP contribution in [0.15, 0.2) is 16.5 Å². The van der Waals surface area contributed by atoms with Gasteiger partial charge in [-0.2, -0.15) is 0 Å². The van der Waals surface area contributed by atoms with E-state index in [1.54, 1.807) is 6.07 Å². The average Bonchev–Trinajstić information content (AvgIpc) is 2.91. The maximum atomic E-state index is 11.4. The number of ether oxygens (including phenoxy) is 1. The lowest BCUT2D eigenvalue weighted by atomic mass is 10.1. The average molecular weight is 267 g/mol. The Hall–Kier alpha value is -1.29. The number of hydrogen-bond donors (Lipinski definition) is 1. The third-order valence-corrected chi connectivity index (χ3v) is 3.15. The maximum Gasteiger partial charge on any atom is 0.373 e. The van der Waals surface area contributed by atoms with Gasteiger partial charge in [0.2, 0.25) is 5.76 Å². The van der Waals surface area contributed by atoms with Crippen LogP contribution in [-0.4, -0.2) is 19.6 Å². The minimum Gasteiger partial charge on any atom is -0.463 e. The van der Waals surface area contributed by atoms with Crippen molar-refractivity contribution >= 4 is 5.97 Å². The number of rotatable bonds is 9. The molecule has 1 unspecified atom stereocenters. The molecule has 0 spiro atoms. The molecule has 0 amide bonds. The second-order valence-electron chi connectivity index (χ2n) is 4.65. The summed E-state index contributed by atoms with van der Waals surface area (Å²) in [5.74, 6) is 0.667. The lowest BCUT2D eigenvalue weighted by Crippen LogP contribution is -2.20. The lowest BCUT2D eigenvalue weighted by molar-refractivity contribution is 0.0562. The van der Waals surface area contributed by atoms with Crippen LogP contribution in [0.3, 0.4) is 0 Å². The first-order chi connectivity index (χ1) is 9.22. The van der Waals surface area contributed by atoms with Gasteiger partial charge in [0, 0.05) is 0 Å². The van der Waals surface area contributed by atoms with Crippen LogP contribution in [0.25, 0.3) is 0 Å². The first-order valence-corrected chi connectivity index (χ1v) is 7.14. The summed E-state index contributed by atoms with van der Waals surface area (Å²) < 4.78 is 10.2. The van der Waals surface area contributed by atoms with Gasteiger partial charge >= 0.3 is 5.97 Å². The van der Waals surface area contributed by atoms with Crippen molar-refractivity contribution in [3.63, 3.8) is 0 Å². The Balaban J connectivity index is 2.59. The first-order valence-electron chi connectivity index (χ1n) is 7.14. The van der Waals surface area contributed by atoms with Gasteiger partial charge in [0.05, 0.1) is 13.2 Å². The second kappa shape index (κ2) is 8.75. The molecule has 4 heteroatoms. The summed E-state index contributed by atoms with van der Waals surface area (Å²) in [4.78, 5) is 11.4. The van der Waals surface area contributed by atoms with E-state index in [0.29, 0.717) is 0 Å². The van der Waals surface area contributed by atoms with Crippen LogP contribution < -0.4 is 5.32 Å². The molecule has 0 aliphatic carbocycles. The van der Waals surface area contributed by atoms with Gasteiger partial charge in [-0.25, -0.2) is 4.79 Å². The smallest absolute Gasteiger partial charge is 0.373 e. The van der Waals surface area contributed by atoms with Gasteiger partial charge in [0.15, 0.2) is 0 Å². The molecule has 0 aliphatic rings. The number of unbranched alkanes of at least 4 members (excludes halogenated alkanes) is 3. The number of methoxy groups -OCH3 is 1. The summed E-state index contributed by atoms with van der Waals surface area (Å²) in [6.45, 7) is 5.16. The van der Waals surface area contributed by atoms with Gasteiger partial charge < -0.3 is 14.5 Å². The first kappa shape index (κ1) is 15.8. The molecule has 0 radical (unpaired) electrons. The fourth-order valence-electron chi connectivity index (χ4n) is 2.12. The van der Waals surface area contributed by atoms with Crippen LogP contribution in [0, 0.1) is 0 Å². The van der Waals surface area contributed by atoms with Crippen molar-refractivity contribution < 1.29 is 13.9 Å². The van der Waals surface area contributed by atoms with Crippen LogP contribution in [0.2, 0.25) is 0 Å². The van der Waals surface area contributed by atoms with E-state index in [-0.39, 0.29) is 11.8 Å². The standard InChI is InChI=1S/C15H25NO3/c1-4-6-7-8-9-12(16-5-2)13-10-11-14(19-13)15(17)18-3/h10-12,16H,4-9H2,1-3H3. The van der Waals surface area contributed by atoms with E-state index >= 15 is 0 Å². The van der Waals surface area contributed by atoms with Crippen molar-refractivity contribution in [3.05, 3.63) is 23.7 Å². The molecule has 0 bridgehead atoms. The molecule has 0 saturated heterocycles. The predicted molar refractivity (Wildman–Crippen MR) is 75.2 cm³/mol. The second-order valence-corrected chi connectivity index (χ2v) is 4.65. The third-order valence-electron chi connectivity index (χ3n) is 3.15. The van der Waals surface area contributed by atoms with Crippen LogP contribution in [-0.2, 0) is 4.74 Å². The highest BCUT2D eigenvalue weighted by atomic mass is 16.5. The van der Waals surface area contributed by atoms with E-state index in [1.165, 1.54) is 32.8 Å². The molecule has 1 heterocycles. The summed E-state index contributed by atoms with van der Waals surface area (Å²) in [6.07, 6.45) is 5.94. The van der Waals surface area contributed by atoms with Crippen LogP contribution in [0.1, 0.15) is 68.3 Å². The lowest BCUT2D eigenvalue weighted by Gasteiger charge is -2.15. The Labute approximate surface area is 115 Å². The molecule has 0 aliphatic heterocycles. The van der Waals surface area contributed by atoms with E-state index in [9.17, 15) is 4.79 Å². The molecule has 0 saturated carbocycles. The molecule has 1 aromatic rings. The van der Waals surface area contributed by atoms with E-state index in [0.717, 1.165) is 18.7 Å². The quantitative estimate of drug-likeness (QED) is 0.547. The zero-order valence-corrected chi connectivity index (χ0v) is 12.2. The van der Waals surface area contributed by atoms with Crippen LogP contribution >= 0.6 is 0 Å². The Morgan fingerprint density at radius 3 is 2.74 bits per heavy atom. The van der Waals surface area contributed by atoms with Crippen molar-refractivity contribution in [3.8, 4) is 0 Å². The molecule has 1 aromatic heterocycles. The minimum atomic E-state index is -0.424. The van der Waals surface area contributed by atoms with Gasteiger partial charge in [-0.1, -0.05) is 39.5 Å². The fourth-order valence-corrected chi connectivity index (χ4v) is 2.12. The van der Waals surface area contributed by atoms with Crippen LogP contribution in [0.4, 0.5) is 0 Å². The Morgan fingerprint density at radius 1 is 1.32 bits per heavy atom. The van der Waals surface area contributed by atoms with Gasteiger partial charge in [-0.15, -0.1) is 0 Å². The number of furan rings is 1. The van der Waals surface area contributed by atoms with Gasteiger partial charge in [0.25, 0.3) is 0 Å². The molecular formula is C15H25NO3. The molecule has 0 aromatic carbocycles. The highest BCUT2D eigenvalue weighted by molar-refractivity contribution is 5.86. The van der Waals surface area contributed by atoms with Gasteiger partial charge in [-0.3, -0.25) is 0 Å². The fraction of sp³-hybridized carbons (Fsp3) is 0.667. The summed E-state index contributed by atoms with van der Waals surface area (Å²) >= 11 is 0. The number of esters is 1. The van der Waals surface area contributed by atoms with E-state index < -0.39 is 5.97 Å². The SMILES string of the molecule is CCCCCCC(NCC)c1ccc(C(=O)OC)o1. The predicted octanol–water partition coefficient (Wildman–Crippen LogP) is 3.69. The monoisotopic (exact) mass is 267 g/mol. The molecule has 4 nitrogen and oxygen atoms in total. The van der Waals surface area contributed by atoms with E-state index in [2.05, 4.69) is 23.9 Å². The van der Waals surface area contributed by atoms with Crippen molar-refractivity contribution in [1.29, 1.82) is 0 Å². The summed E-state index contributed by atoms with van der Waals surface area (Å²) in [6, 6.07) is 3.72. The van der Waals surface area contributed by atoms with E-state index in [4.69, 9.17) is 4.42 Å². The van der Waals surface area contributed by atoms with Crippen LogP contribution in [0.5, 0.6) is 0 Å². The van der Waals surface area contributed by atoms with E-state index in [1.807, 2.05) is 6.07 Å². The Morgan fingerprint density at radius 2 is 2.11 bits per heavy atom. The normalized spacial score (nSPS) is 12.4. The highest BCUT2D eigenvalue weighted by Crippen LogP contribution is 2.22. The molecule has 0 fully saturated rings. The molecular weight excluding hydrogens is 242 g/mol. The van der Waals surface area contributed by atoms with Crippen molar-refractivity contribution in [1.82, 2.24) is 5.32 Å². The zero-order valence-electron chi connectivity index (χ0n) is 12.2. The van der Waals surface area contributed by atoms with Gasteiger partial charge in [0.1, 0.15) is 5.76 Å².